The Bertz CT molecular complexity index is 293. The minimum absolute atomic E-state index is 0.935. The van der Waals surface area contributed by atoms with Gasteiger partial charge in [0.05, 0.1) is 0 Å². The Balaban J connectivity index is 2.54. The van der Waals surface area contributed by atoms with E-state index in [1.807, 2.05) is 13.2 Å². The maximum atomic E-state index is 4.16. The summed E-state index contributed by atoms with van der Waals surface area (Å²) < 4.78 is 0. The van der Waals surface area contributed by atoms with Crippen LogP contribution in [0.2, 0.25) is 0 Å². The van der Waals surface area contributed by atoms with Crippen LogP contribution in [0.3, 0.4) is 0 Å². The lowest BCUT2D eigenvalue weighted by atomic mass is 10.2. The summed E-state index contributed by atoms with van der Waals surface area (Å²) in [7, 11) is 2.02. The molecule has 0 saturated heterocycles. The van der Waals surface area contributed by atoms with E-state index in [-0.39, 0.29) is 0 Å². The van der Waals surface area contributed by atoms with Crippen molar-refractivity contribution in [2.75, 3.05) is 18.5 Å². The fraction of sp³-hybridized carbons (Fsp3) is 0.250. The van der Waals surface area contributed by atoms with Gasteiger partial charge in [-0.2, -0.15) is 0 Å². The van der Waals surface area contributed by atoms with E-state index < -0.39 is 0 Å². The van der Waals surface area contributed by atoms with Crippen molar-refractivity contribution in [3.63, 3.8) is 0 Å². The molecule has 3 heteroatoms. The first-order valence-electron chi connectivity index (χ1n) is 3.55. The molecule has 0 radical (unpaired) electrons. The zero-order valence-electron chi connectivity index (χ0n) is 6.36. The first-order valence-corrected chi connectivity index (χ1v) is 3.55. The molecule has 0 amide bonds. The first-order chi connectivity index (χ1) is 5.38. The van der Waals surface area contributed by atoms with Crippen LogP contribution in [-0.2, 0) is 0 Å². The van der Waals surface area contributed by atoms with Gasteiger partial charge in [0.25, 0.3) is 0 Å². The summed E-state index contributed by atoms with van der Waals surface area (Å²) in [5, 5.41) is 0. The smallest absolute Gasteiger partial charge is 0.139 e. The third kappa shape index (κ3) is 0.981. The van der Waals surface area contributed by atoms with E-state index >= 15 is 0 Å². The summed E-state index contributed by atoms with van der Waals surface area (Å²) in [5.41, 5.74) is 1.10. The van der Waals surface area contributed by atoms with Crippen molar-refractivity contribution in [2.45, 2.75) is 0 Å². The van der Waals surface area contributed by atoms with Gasteiger partial charge < -0.3 is 4.90 Å². The van der Waals surface area contributed by atoms with E-state index in [0.29, 0.717) is 0 Å². The monoisotopic (exact) mass is 147 g/mol. The second-order valence-electron chi connectivity index (χ2n) is 2.58. The van der Waals surface area contributed by atoms with Crippen LogP contribution in [0.25, 0.3) is 6.08 Å². The summed E-state index contributed by atoms with van der Waals surface area (Å²) in [6.45, 7) is 0.935. The molecule has 11 heavy (non-hydrogen) atoms. The Morgan fingerprint density at radius 1 is 1.55 bits per heavy atom. The highest BCUT2D eigenvalue weighted by molar-refractivity contribution is 5.66. The molecule has 2 heterocycles. The number of rotatable bonds is 0. The number of anilines is 1. The van der Waals surface area contributed by atoms with Crippen molar-refractivity contribution < 1.29 is 0 Å². The zero-order valence-corrected chi connectivity index (χ0v) is 6.36. The van der Waals surface area contributed by atoms with Crippen LogP contribution in [0.4, 0.5) is 5.82 Å². The van der Waals surface area contributed by atoms with Gasteiger partial charge in [-0.25, -0.2) is 9.97 Å². The molecule has 0 spiro atoms. The highest BCUT2D eigenvalue weighted by atomic mass is 15.2. The fourth-order valence-electron chi connectivity index (χ4n) is 1.19. The molecule has 0 unspecified atom stereocenters. The number of fused-ring (bicyclic) bond motifs is 1. The third-order valence-electron chi connectivity index (χ3n) is 1.76. The maximum Gasteiger partial charge on any atom is 0.139 e. The molecule has 0 aromatic carbocycles. The van der Waals surface area contributed by atoms with Crippen molar-refractivity contribution in [3.8, 4) is 0 Å². The number of nitrogens with zero attached hydrogens (tertiary/aromatic N) is 3. The standard InChI is InChI=1S/C8H9N3/c1-11-4-2-3-7-5-9-6-10-8(7)11/h2-3,5-6H,4H2,1H3. The molecule has 0 atom stereocenters. The van der Waals surface area contributed by atoms with Crippen molar-refractivity contribution >= 4 is 11.9 Å². The summed E-state index contributed by atoms with van der Waals surface area (Å²) in [4.78, 5) is 10.2. The molecular formula is C8H9N3. The molecule has 1 aliphatic heterocycles. The maximum absolute atomic E-state index is 4.16. The molecule has 1 aromatic heterocycles. The third-order valence-corrected chi connectivity index (χ3v) is 1.76. The van der Waals surface area contributed by atoms with Crippen LogP contribution >= 0.6 is 0 Å². The largest absolute Gasteiger partial charge is 0.355 e. The van der Waals surface area contributed by atoms with Crippen LogP contribution in [0.1, 0.15) is 5.56 Å². The average Bonchev–Trinajstić information content (AvgIpc) is 2.06. The minimum Gasteiger partial charge on any atom is -0.355 e. The van der Waals surface area contributed by atoms with E-state index in [1.165, 1.54) is 0 Å². The first kappa shape index (κ1) is 6.34. The van der Waals surface area contributed by atoms with Gasteiger partial charge in [0, 0.05) is 25.4 Å². The Morgan fingerprint density at radius 2 is 2.45 bits per heavy atom. The van der Waals surface area contributed by atoms with Gasteiger partial charge in [0.2, 0.25) is 0 Å². The van der Waals surface area contributed by atoms with E-state index in [2.05, 4.69) is 27.0 Å². The topological polar surface area (TPSA) is 29.0 Å². The number of hydrogen-bond acceptors (Lipinski definition) is 3. The van der Waals surface area contributed by atoms with Crippen LogP contribution in [-0.4, -0.2) is 23.6 Å². The van der Waals surface area contributed by atoms with Gasteiger partial charge in [-0.3, -0.25) is 0 Å². The van der Waals surface area contributed by atoms with Crippen molar-refractivity contribution in [1.82, 2.24) is 9.97 Å². The van der Waals surface area contributed by atoms with Crippen LogP contribution in [0, 0.1) is 0 Å². The molecule has 56 valence electrons. The quantitative estimate of drug-likeness (QED) is 0.547. The highest BCUT2D eigenvalue weighted by Gasteiger charge is 2.08. The van der Waals surface area contributed by atoms with Crippen LogP contribution in [0.5, 0.6) is 0 Å². The molecule has 3 nitrogen and oxygen atoms in total. The van der Waals surface area contributed by atoms with Gasteiger partial charge in [-0.1, -0.05) is 12.2 Å². The van der Waals surface area contributed by atoms with Gasteiger partial charge in [-0.15, -0.1) is 0 Å². The molecule has 0 saturated carbocycles. The summed E-state index contributed by atoms with van der Waals surface area (Å²) in [6.07, 6.45) is 7.56. The second-order valence-corrected chi connectivity index (χ2v) is 2.58. The molecule has 1 aromatic rings. The summed E-state index contributed by atoms with van der Waals surface area (Å²) in [5.74, 6) is 1.02. The van der Waals surface area contributed by atoms with Gasteiger partial charge >= 0.3 is 0 Å². The molecule has 0 N–H and O–H groups in total. The number of hydrogen-bond donors (Lipinski definition) is 0. The van der Waals surface area contributed by atoms with E-state index in [4.69, 9.17) is 0 Å². The lowest BCUT2D eigenvalue weighted by Gasteiger charge is -2.20. The Morgan fingerprint density at radius 3 is 3.27 bits per heavy atom. The highest BCUT2D eigenvalue weighted by Crippen LogP contribution is 2.19. The molecule has 0 aliphatic carbocycles. The number of likely N-dealkylation sites (N-methyl/N-ethyl adjacent to an activating group) is 1. The molecule has 1 aliphatic rings. The molecular weight excluding hydrogens is 138 g/mol. The Kier molecular flexibility index (Phi) is 1.35. The number of aromatic nitrogens is 2. The van der Waals surface area contributed by atoms with Crippen molar-refractivity contribution in [3.05, 3.63) is 24.2 Å². The predicted octanol–water partition coefficient (Wildman–Crippen LogP) is 0.940. The molecule has 0 fully saturated rings. The Labute approximate surface area is 65.4 Å². The Hall–Kier alpha value is -1.38. The lowest BCUT2D eigenvalue weighted by Crippen LogP contribution is -2.21. The van der Waals surface area contributed by atoms with Crippen molar-refractivity contribution in [1.29, 1.82) is 0 Å². The summed E-state index contributed by atoms with van der Waals surface area (Å²) >= 11 is 0. The minimum atomic E-state index is 0.935. The second kappa shape index (κ2) is 2.34. The SMILES string of the molecule is CN1CC=Cc2cncnc21. The van der Waals surface area contributed by atoms with E-state index in [1.54, 1.807) is 6.33 Å². The lowest BCUT2D eigenvalue weighted by molar-refractivity contribution is 0.960. The normalized spacial score (nSPS) is 14.8. The van der Waals surface area contributed by atoms with Crippen molar-refractivity contribution in [2.24, 2.45) is 0 Å². The van der Waals surface area contributed by atoms with E-state index in [0.717, 1.165) is 17.9 Å². The van der Waals surface area contributed by atoms with Crippen LogP contribution in [0.15, 0.2) is 18.6 Å². The fourth-order valence-corrected chi connectivity index (χ4v) is 1.19. The average molecular weight is 147 g/mol. The molecule has 2 rings (SSSR count). The zero-order chi connectivity index (χ0) is 7.68. The van der Waals surface area contributed by atoms with Gasteiger partial charge in [0.1, 0.15) is 12.1 Å². The molecule has 0 bridgehead atoms. The van der Waals surface area contributed by atoms with Gasteiger partial charge in [-0.05, 0) is 0 Å². The van der Waals surface area contributed by atoms with Gasteiger partial charge in [0.15, 0.2) is 0 Å². The van der Waals surface area contributed by atoms with E-state index in [9.17, 15) is 0 Å². The predicted molar refractivity (Wildman–Crippen MR) is 44.3 cm³/mol. The van der Waals surface area contributed by atoms with Crippen LogP contribution < -0.4 is 4.90 Å². The summed E-state index contributed by atoms with van der Waals surface area (Å²) in [6, 6.07) is 0.